The maximum absolute atomic E-state index is 11.2. The van der Waals surface area contributed by atoms with Gasteiger partial charge in [-0.25, -0.2) is 0 Å². The second-order valence-corrected chi connectivity index (χ2v) is 3.98. The number of aromatic nitrogens is 2. The van der Waals surface area contributed by atoms with Crippen LogP contribution >= 0.6 is 0 Å². The highest BCUT2D eigenvalue weighted by Gasteiger charge is 2.29. The first-order valence-electron chi connectivity index (χ1n) is 4.92. The van der Waals surface area contributed by atoms with Crippen molar-refractivity contribution in [1.29, 1.82) is 0 Å². The van der Waals surface area contributed by atoms with Gasteiger partial charge in [0, 0.05) is 11.8 Å². The standard InChI is InChI=1S/C10H14N2O2/c1-7(13)8-2-3-9(6-8)10-4-5-12(14)11-10/h4-5,8-9,14H,2-3,6H2,1H3. The van der Waals surface area contributed by atoms with E-state index in [2.05, 4.69) is 5.10 Å². The van der Waals surface area contributed by atoms with Crippen LogP contribution < -0.4 is 0 Å². The fourth-order valence-electron chi connectivity index (χ4n) is 2.17. The summed E-state index contributed by atoms with van der Waals surface area (Å²) in [6.07, 6.45) is 4.36. The van der Waals surface area contributed by atoms with Gasteiger partial charge in [0.25, 0.3) is 0 Å². The van der Waals surface area contributed by atoms with Gasteiger partial charge >= 0.3 is 0 Å². The number of hydrogen-bond acceptors (Lipinski definition) is 3. The molecule has 1 aromatic heterocycles. The second-order valence-electron chi connectivity index (χ2n) is 3.98. The van der Waals surface area contributed by atoms with Gasteiger partial charge in [-0.3, -0.25) is 4.79 Å². The summed E-state index contributed by atoms with van der Waals surface area (Å²) in [4.78, 5) is 12.0. The predicted molar refractivity (Wildman–Crippen MR) is 50.2 cm³/mol. The quantitative estimate of drug-likeness (QED) is 0.727. The topological polar surface area (TPSA) is 55.1 Å². The van der Waals surface area contributed by atoms with E-state index in [9.17, 15) is 4.79 Å². The van der Waals surface area contributed by atoms with Crippen LogP contribution in [0.3, 0.4) is 0 Å². The Bertz CT molecular complexity index is 346. The molecule has 0 aromatic carbocycles. The maximum Gasteiger partial charge on any atom is 0.132 e. The average molecular weight is 194 g/mol. The van der Waals surface area contributed by atoms with Crippen molar-refractivity contribution >= 4 is 5.78 Å². The summed E-state index contributed by atoms with van der Waals surface area (Å²) in [5, 5.41) is 13.0. The van der Waals surface area contributed by atoms with Crippen LogP contribution in [0.15, 0.2) is 12.3 Å². The lowest BCUT2D eigenvalue weighted by molar-refractivity contribution is -0.120. The Kier molecular flexibility index (Phi) is 2.27. The summed E-state index contributed by atoms with van der Waals surface area (Å²) < 4.78 is 0. The van der Waals surface area contributed by atoms with Crippen molar-refractivity contribution in [3.8, 4) is 0 Å². The third-order valence-corrected chi connectivity index (χ3v) is 3.02. The molecule has 2 unspecified atom stereocenters. The Balaban J connectivity index is 2.05. The summed E-state index contributed by atoms with van der Waals surface area (Å²) in [6, 6.07) is 1.81. The van der Waals surface area contributed by atoms with Gasteiger partial charge in [-0.05, 0) is 32.3 Å². The summed E-state index contributed by atoms with van der Waals surface area (Å²) in [5.74, 6) is 0.817. The Morgan fingerprint density at radius 1 is 1.64 bits per heavy atom. The molecule has 1 N–H and O–H groups in total. The third-order valence-electron chi connectivity index (χ3n) is 3.02. The number of Topliss-reactive ketones (excluding diaryl/α,β-unsaturated/α-hetero) is 1. The van der Waals surface area contributed by atoms with E-state index in [-0.39, 0.29) is 11.7 Å². The first-order chi connectivity index (χ1) is 6.66. The Labute approximate surface area is 82.5 Å². The monoisotopic (exact) mass is 194 g/mol. The van der Waals surface area contributed by atoms with Crippen LogP contribution in [0, 0.1) is 5.92 Å². The van der Waals surface area contributed by atoms with Gasteiger partial charge in [0.05, 0.1) is 11.9 Å². The molecule has 2 atom stereocenters. The van der Waals surface area contributed by atoms with Gasteiger partial charge in [-0.1, -0.05) is 0 Å². The van der Waals surface area contributed by atoms with Gasteiger partial charge < -0.3 is 5.21 Å². The van der Waals surface area contributed by atoms with E-state index in [4.69, 9.17) is 5.21 Å². The second kappa shape index (κ2) is 3.44. The molecule has 0 spiro atoms. The van der Waals surface area contributed by atoms with Crippen LogP contribution in [0.2, 0.25) is 0 Å². The molecular weight excluding hydrogens is 180 g/mol. The maximum atomic E-state index is 11.2. The van der Waals surface area contributed by atoms with E-state index in [1.54, 1.807) is 6.92 Å². The van der Waals surface area contributed by atoms with Crippen molar-refractivity contribution in [2.75, 3.05) is 0 Å². The number of nitrogens with zero attached hydrogens (tertiary/aromatic N) is 2. The summed E-state index contributed by atoms with van der Waals surface area (Å²) in [5.41, 5.74) is 0.899. The van der Waals surface area contributed by atoms with Gasteiger partial charge in [0.15, 0.2) is 0 Å². The molecule has 4 nitrogen and oxygen atoms in total. The van der Waals surface area contributed by atoms with Gasteiger partial charge in [-0.2, -0.15) is 0 Å². The zero-order valence-corrected chi connectivity index (χ0v) is 8.18. The Morgan fingerprint density at radius 2 is 2.43 bits per heavy atom. The highest BCUT2D eigenvalue weighted by molar-refractivity contribution is 5.78. The molecule has 1 saturated carbocycles. The minimum absolute atomic E-state index is 0.198. The number of rotatable bonds is 2. The van der Waals surface area contributed by atoms with E-state index in [1.807, 2.05) is 6.07 Å². The van der Waals surface area contributed by atoms with E-state index in [0.29, 0.717) is 5.92 Å². The predicted octanol–water partition coefficient (Wildman–Crippen LogP) is 1.59. The molecule has 0 amide bonds. The molecule has 4 heteroatoms. The number of carbonyl (C=O) groups excluding carboxylic acids is 1. The highest BCUT2D eigenvalue weighted by Crippen LogP contribution is 2.37. The molecule has 1 aliphatic carbocycles. The van der Waals surface area contributed by atoms with Crippen LogP contribution in [-0.4, -0.2) is 20.9 Å². The summed E-state index contributed by atoms with van der Waals surface area (Å²) >= 11 is 0. The third kappa shape index (κ3) is 1.64. The molecule has 2 rings (SSSR count). The zero-order chi connectivity index (χ0) is 10.1. The largest absolute Gasteiger partial charge is 0.412 e. The molecule has 1 aliphatic rings. The smallest absolute Gasteiger partial charge is 0.132 e. The molecule has 0 aliphatic heterocycles. The zero-order valence-electron chi connectivity index (χ0n) is 8.18. The van der Waals surface area contributed by atoms with Crippen LogP contribution in [0.5, 0.6) is 0 Å². The molecule has 1 aromatic rings. The van der Waals surface area contributed by atoms with E-state index >= 15 is 0 Å². The van der Waals surface area contributed by atoms with E-state index < -0.39 is 0 Å². The highest BCUT2D eigenvalue weighted by atomic mass is 16.5. The van der Waals surface area contributed by atoms with Crippen molar-refractivity contribution in [1.82, 2.24) is 9.94 Å². The van der Waals surface area contributed by atoms with Crippen LogP contribution in [-0.2, 0) is 4.79 Å². The summed E-state index contributed by atoms with van der Waals surface area (Å²) in [7, 11) is 0. The minimum atomic E-state index is 0.198. The van der Waals surface area contributed by atoms with Crippen molar-refractivity contribution in [3.05, 3.63) is 18.0 Å². The van der Waals surface area contributed by atoms with E-state index in [1.165, 1.54) is 6.20 Å². The molecular formula is C10H14N2O2. The van der Waals surface area contributed by atoms with Gasteiger partial charge in [0.2, 0.25) is 0 Å². The van der Waals surface area contributed by atoms with Crippen molar-refractivity contribution in [2.45, 2.75) is 32.1 Å². The van der Waals surface area contributed by atoms with Crippen LogP contribution in [0.25, 0.3) is 0 Å². The average Bonchev–Trinajstić information content (AvgIpc) is 2.70. The van der Waals surface area contributed by atoms with Crippen molar-refractivity contribution < 1.29 is 10.0 Å². The van der Waals surface area contributed by atoms with Crippen LogP contribution in [0.1, 0.15) is 37.8 Å². The van der Waals surface area contributed by atoms with Gasteiger partial charge in [0.1, 0.15) is 5.78 Å². The first-order valence-corrected chi connectivity index (χ1v) is 4.92. The number of hydrogen-bond donors (Lipinski definition) is 1. The SMILES string of the molecule is CC(=O)C1CCC(c2ccn(O)n2)C1. The lowest BCUT2D eigenvalue weighted by Crippen LogP contribution is -2.06. The van der Waals surface area contributed by atoms with E-state index in [0.717, 1.165) is 29.8 Å². The fourth-order valence-corrected chi connectivity index (χ4v) is 2.17. The lowest BCUT2D eigenvalue weighted by atomic mass is 10.00. The van der Waals surface area contributed by atoms with Crippen molar-refractivity contribution in [2.24, 2.45) is 5.92 Å². The van der Waals surface area contributed by atoms with Gasteiger partial charge in [-0.15, -0.1) is 9.94 Å². The molecule has 1 fully saturated rings. The number of ketones is 1. The lowest BCUT2D eigenvalue weighted by Gasteiger charge is -2.05. The molecule has 0 radical (unpaired) electrons. The minimum Gasteiger partial charge on any atom is -0.412 e. The molecule has 0 saturated heterocycles. The molecule has 1 heterocycles. The first kappa shape index (κ1) is 9.24. The fraction of sp³-hybridized carbons (Fsp3) is 0.600. The van der Waals surface area contributed by atoms with Crippen molar-refractivity contribution in [3.63, 3.8) is 0 Å². The summed E-state index contributed by atoms with van der Waals surface area (Å²) in [6.45, 7) is 1.65. The normalized spacial score (nSPS) is 26.6. The molecule has 14 heavy (non-hydrogen) atoms. The Morgan fingerprint density at radius 3 is 2.93 bits per heavy atom. The Hall–Kier alpha value is -1.32. The van der Waals surface area contributed by atoms with Crippen LogP contribution in [0.4, 0.5) is 0 Å². The molecule has 0 bridgehead atoms. The molecule has 76 valence electrons. The number of carbonyl (C=O) groups is 1.